The zero-order valence-electron chi connectivity index (χ0n) is 18.3. The van der Waals surface area contributed by atoms with Gasteiger partial charge in [0, 0.05) is 13.1 Å². The molecule has 4 N–H and O–H groups in total. The molecule has 35 heavy (non-hydrogen) atoms. The normalized spacial score (nSPS) is 19.3. The van der Waals surface area contributed by atoms with Gasteiger partial charge in [-0.2, -0.15) is 0 Å². The second-order valence-electron chi connectivity index (χ2n) is 8.35. The highest BCUT2D eigenvalue weighted by molar-refractivity contribution is 7.22. The molecule has 0 saturated heterocycles. The van der Waals surface area contributed by atoms with Crippen LogP contribution in [0.3, 0.4) is 0 Å². The highest BCUT2D eigenvalue weighted by Gasteiger charge is 2.48. The molecule has 1 atom stereocenters. The summed E-state index contributed by atoms with van der Waals surface area (Å²) in [6.45, 7) is 0.378. The monoisotopic (exact) mass is 507 g/mol. The van der Waals surface area contributed by atoms with Gasteiger partial charge in [0.1, 0.15) is 5.75 Å². The van der Waals surface area contributed by atoms with Crippen LogP contribution in [-0.2, 0) is 9.53 Å². The maximum absolute atomic E-state index is 12.6. The van der Waals surface area contributed by atoms with E-state index in [0.29, 0.717) is 39.7 Å². The smallest absolute Gasteiger partial charge is 0.462 e. The Kier molecular flexibility index (Phi) is 5.38. The Morgan fingerprint density at radius 3 is 2.74 bits per heavy atom. The summed E-state index contributed by atoms with van der Waals surface area (Å²) < 4.78 is 47.3. The standard InChI is InChI=1S/C22H20F3N5O4S/c1-30-16-7-4-12(18(31)33-10-11-2-3-11)8-15(16)28-21(30,19(26)32)29-20-27-14-6-5-13(9-17(14)35-20)34-22(23,24)25/h4-9,11,28H,2-3,10H2,1H3,(H2,26,32)(H,27,29). The predicted molar refractivity (Wildman–Crippen MR) is 123 cm³/mol. The van der Waals surface area contributed by atoms with E-state index in [9.17, 15) is 22.8 Å². The van der Waals surface area contributed by atoms with Gasteiger partial charge < -0.3 is 30.7 Å². The molecule has 0 bridgehead atoms. The predicted octanol–water partition coefficient (Wildman–Crippen LogP) is 3.87. The first kappa shape index (κ1) is 23.0. The molecule has 1 aliphatic heterocycles. The molecule has 2 aromatic carbocycles. The van der Waals surface area contributed by atoms with Crippen LogP contribution in [0.4, 0.5) is 29.7 Å². The van der Waals surface area contributed by atoms with Gasteiger partial charge in [0.2, 0.25) is 0 Å². The lowest BCUT2D eigenvalue weighted by molar-refractivity contribution is -0.274. The molecule has 0 radical (unpaired) electrons. The number of aromatic nitrogens is 1. The van der Waals surface area contributed by atoms with E-state index in [-0.39, 0.29) is 10.9 Å². The number of carbonyl (C=O) groups is 2. The molecule has 1 aromatic heterocycles. The lowest BCUT2D eigenvalue weighted by Crippen LogP contribution is -2.64. The van der Waals surface area contributed by atoms with Crippen molar-refractivity contribution >= 4 is 49.9 Å². The van der Waals surface area contributed by atoms with E-state index < -0.39 is 24.0 Å². The quantitative estimate of drug-likeness (QED) is 0.413. The van der Waals surface area contributed by atoms with Crippen LogP contribution in [0.5, 0.6) is 5.75 Å². The van der Waals surface area contributed by atoms with Gasteiger partial charge in [-0.25, -0.2) is 9.78 Å². The lowest BCUT2D eigenvalue weighted by atomic mass is 10.2. The molecule has 2 heterocycles. The number of ether oxygens (including phenoxy) is 2. The van der Waals surface area contributed by atoms with Crippen LogP contribution in [0, 0.1) is 5.92 Å². The minimum Gasteiger partial charge on any atom is -0.462 e. The molecular formula is C22H20F3N5O4S. The van der Waals surface area contributed by atoms with Crippen molar-refractivity contribution in [2.45, 2.75) is 25.0 Å². The Bertz CT molecular complexity index is 1330. The van der Waals surface area contributed by atoms with E-state index in [0.717, 1.165) is 30.2 Å². The number of esters is 1. The Balaban J connectivity index is 1.40. The van der Waals surface area contributed by atoms with Crippen molar-refractivity contribution in [3.8, 4) is 5.75 Å². The van der Waals surface area contributed by atoms with Gasteiger partial charge in [0.05, 0.1) is 33.8 Å². The van der Waals surface area contributed by atoms with Crippen LogP contribution in [-0.4, -0.2) is 42.7 Å². The average Bonchev–Trinajstić information content (AvgIpc) is 3.46. The number of nitrogens with zero attached hydrogens (tertiary/aromatic N) is 2. The van der Waals surface area contributed by atoms with Crippen molar-refractivity contribution in [2.75, 3.05) is 29.2 Å². The van der Waals surface area contributed by atoms with Crippen molar-refractivity contribution in [3.63, 3.8) is 0 Å². The first-order chi connectivity index (χ1) is 16.5. The Hall–Kier alpha value is -3.74. The van der Waals surface area contributed by atoms with Crippen LogP contribution >= 0.6 is 11.3 Å². The highest BCUT2D eigenvalue weighted by atomic mass is 32.1. The SMILES string of the molecule is CN1c2ccc(C(=O)OCC3CC3)cc2NC1(Nc1nc2ccc(OC(F)(F)F)cc2s1)C(N)=O. The summed E-state index contributed by atoms with van der Waals surface area (Å²) >= 11 is 1.03. The zero-order valence-corrected chi connectivity index (χ0v) is 19.1. The van der Waals surface area contributed by atoms with Crippen LogP contribution < -0.4 is 26.0 Å². The molecule has 2 aliphatic rings. The number of primary amides is 1. The van der Waals surface area contributed by atoms with Gasteiger partial charge in [-0.15, -0.1) is 13.2 Å². The first-order valence-corrected chi connectivity index (χ1v) is 11.4. The fourth-order valence-electron chi connectivity index (χ4n) is 3.79. The third-order valence-corrected chi connectivity index (χ3v) is 6.73. The van der Waals surface area contributed by atoms with Crippen molar-refractivity contribution in [2.24, 2.45) is 11.7 Å². The number of carbonyl (C=O) groups excluding carboxylic acids is 2. The summed E-state index contributed by atoms with van der Waals surface area (Å²) in [5, 5.41) is 6.24. The number of hydrogen-bond donors (Lipinski definition) is 3. The molecule has 13 heteroatoms. The second kappa shape index (κ2) is 8.18. The van der Waals surface area contributed by atoms with Crippen LogP contribution in [0.25, 0.3) is 10.2 Å². The van der Waals surface area contributed by atoms with Gasteiger partial charge in [0.25, 0.3) is 11.7 Å². The molecule has 5 rings (SSSR count). The maximum Gasteiger partial charge on any atom is 0.573 e. The summed E-state index contributed by atoms with van der Waals surface area (Å²) in [6.07, 6.45) is -2.71. The first-order valence-electron chi connectivity index (χ1n) is 10.6. The summed E-state index contributed by atoms with van der Waals surface area (Å²) in [4.78, 5) is 30.9. The molecule has 1 amide bonds. The van der Waals surface area contributed by atoms with Gasteiger partial charge >= 0.3 is 12.3 Å². The van der Waals surface area contributed by atoms with Crippen LogP contribution in [0.15, 0.2) is 36.4 Å². The van der Waals surface area contributed by atoms with Crippen molar-refractivity contribution in [1.82, 2.24) is 4.98 Å². The number of rotatable bonds is 7. The summed E-state index contributed by atoms with van der Waals surface area (Å²) in [6, 6.07) is 8.60. The molecule has 1 aliphatic carbocycles. The number of anilines is 3. The van der Waals surface area contributed by atoms with E-state index >= 15 is 0 Å². The van der Waals surface area contributed by atoms with Gasteiger partial charge in [-0.3, -0.25) is 4.79 Å². The maximum atomic E-state index is 12.6. The third-order valence-electron chi connectivity index (χ3n) is 5.80. The summed E-state index contributed by atoms with van der Waals surface area (Å²) in [5.74, 6) is -2.84. The van der Waals surface area contributed by atoms with Crippen molar-refractivity contribution < 1.29 is 32.2 Å². The number of fused-ring (bicyclic) bond motifs is 2. The molecule has 1 saturated carbocycles. The minimum absolute atomic E-state index is 0.235. The summed E-state index contributed by atoms with van der Waals surface area (Å²) in [5.41, 5.74) is 7.56. The molecule has 1 unspecified atom stereocenters. The molecular weight excluding hydrogens is 487 g/mol. The van der Waals surface area contributed by atoms with Crippen LogP contribution in [0.2, 0.25) is 0 Å². The van der Waals surface area contributed by atoms with Crippen molar-refractivity contribution in [1.29, 1.82) is 0 Å². The van der Waals surface area contributed by atoms with E-state index in [1.54, 1.807) is 30.1 Å². The molecule has 3 aromatic rings. The van der Waals surface area contributed by atoms with Gasteiger partial charge in [-0.05, 0) is 49.1 Å². The van der Waals surface area contributed by atoms with E-state index in [1.165, 1.54) is 12.1 Å². The number of thiazole rings is 1. The highest BCUT2D eigenvalue weighted by Crippen LogP contribution is 2.41. The third kappa shape index (κ3) is 4.50. The van der Waals surface area contributed by atoms with Crippen molar-refractivity contribution in [3.05, 3.63) is 42.0 Å². The number of alkyl halides is 3. The fourth-order valence-corrected chi connectivity index (χ4v) is 4.73. The molecule has 9 nitrogen and oxygen atoms in total. The Morgan fingerprint density at radius 1 is 1.29 bits per heavy atom. The minimum atomic E-state index is -4.82. The van der Waals surface area contributed by atoms with E-state index in [1.807, 2.05) is 0 Å². The number of benzene rings is 2. The number of nitrogens with one attached hydrogen (secondary N) is 2. The molecule has 184 valence electrons. The van der Waals surface area contributed by atoms with Gasteiger partial charge in [-0.1, -0.05) is 11.3 Å². The lowest BCUT2D eigenvalue weighted by Gasteiger charge is -2.34. The molecule has 0 spiro atoms. The number of hydrogen-bond acceptors (Lipinski definition) is 9. The average molecular weight is 507 g/mol. The summed E-state index contributed by atoms with van der Waals surface area (Å²) in [7, 11) is 1.63. The number of halogens is 3. The topological polar surface area (TPSA) is 119 Å². The zero-order chi connectivity index (χ0) is 25.0. The van der Waals surface area contributed by atoms with Gasteiger partial charge in [0.15, 0.2) is 5.13 Å². The number of likely N-dealkylation sites (N-methyl/N-ethyl adjacent to an activating group) is 1. The number of amides is 1. The largest absolute Gasteiger partial charge is 0.573 e. The molecule has 1 fully saturated rings. The van der Waals surface area contributed by atoms with E-state index in [4.69, 9.17) is 10.5 Å². The Morgan fingerprint density at radius 2 is 2.06 bits per heavy atom. The Labute approximate surface area is 201 Å². The van der Waals surface area contributed by atoms with Crippen LogP contribution in [0.1, 0.15) is 23.2 Å². The second-order valence-corrected chi connectivity index (χ2v) is 9.38. The number of nitrogens with two attached hydrogens (primary N) is 1. The van der Waals surface area contributed by atoms with E-state index in [2.05, 4.69) is 20.4 Å². The fraction of sp³-hybridized carbons (Fsp3) is 0.318.